The van der Waals surface area contributed by atoms with Crippen LogP contribution in [0, 0.1) is 0 Å². The number of H-pyrrole nitrogens is 1. The van der Waals surface area contributed by atoms with Crippen molar-refractivity contribution >= 4 is 16.8 Å². The molecule has 1 unspecified atom stereocenters. The van der Waals surface area contributed by atoms with Crippen LogP contribution in [-0.4, -0.2) is 24.5 Å². The van der Waals surface area contributed by atoms with Gasteiger partial charge in [0.05, 0.1) is 18.5 Å². The van der Waals surface area contributed by atoms with Gasteiger partial charge in [-0.2, -0.15) is 0 Å². The molecular formula is C22H24N2O3. The van der Waals surface area contributed by atoms with Crippen LogP contribution < -0.4 is 15.6 Å². The van der Waals surface area contributed by atoms with Crippen LogP contribution in [-0.2, 0) is 11.2 Å². The first-order valence-electron chi connectivity index (χ1n) is 9.15. The van der Waals surface area contributed by atoms with Crippen LogP contribution in [0.5, 0.6) is 5.75 Å². The quantitative estimate of drug-likeness (QED) is 0.675. The number of ether oxygens (including phenoxy) is 1. The van der Waals surface area contributed by atoms with Gasteiger partial charge in [0.1, 0.15) is 5.75 Å². The lowest BCUT2D eigenvalue weighted by Crippen LogP contribution is -2.31. The zero-order valence-electron chi connectivity index (χ0n) is 15.6. The number of aromatic nitrogens is 1. The van der Waals surface area contributed by atoms with Crippen molar-refractivity contribution in [2.45, 2.75) is 25.7 Å². The number of nitrogens with one attached hydrogen (secondary N) is 2. The number of methoxy groups -OCH3 is 1. The third-order valence-electron chi connectivity index (χ3n) is 4.75. The lowest BCUT2D eigenvalue weighted by molar-refractivity contribution is -0.122. The van der Waals surface area contributed by atoms with Crippen molar-refractivity contribution in [1.29, 1.82) is 0 Å². The topological polar surface area (TPSA) is 71.2 Å². The minimum absolute atomic E-state index is 0.00865. The van der Waals surface area contributed by atoms with E-state index in [1.165, 1.54) is 0 Å². The van der Waals surface area contributed by atoms with Gasteiger partial charge in [0.25, 0.3) is 5.56 Å². The van der Waals surface area contributed by atoms with Crippen LogP contribution in [0.3, 0.4) is 0 Å². The molecule has 0 saturated heterocycles. The van der Waals surface area contributed by atoms with Crippen molar-refractivity contribution in [3.8, 4) is 5.75 Å². The molecule has 1 atom stereocenters. The van der Waals surface area contributed by atoms with Gasteiger partial charge < -0.3 is 15.0 Å². The highest BCUT2D eigenvalue weighted by atomic mass is 16.5. The second kappa shape index (κ2) is 8.54. The fourth-order valence-electron chi connectivity index (χ4n) is 3.24. The summed E-state index contributed by atoms with van der Waals surface area (Å²) >= 11 is 0. The Morgan fingerprint density at radius 2 is 1.93 bits per heavy atom. The van der Waals surface area contributed by atoms with Crippen LogP contribution in [0.4, 0.5) is 0 Å². The second-order valence-electron chi connectivity index (χ2n) is 6.49. The Morgan fingerprint density at radius 3 is 2.63 bits per heavy atom. The van der Waals surface area contributed by atoms with E-state index < -0.39 is 0 Å². The Morgan fingerprint density at radius 1 is 1.15 bits per heavy atom. The number of carbonyl (C=O) groups excluding carboxylic acids is 1. The van der Waals surface area contributed by atoms with Gasteiger partial charge in [0.15, 0.2) is 0 Å². The van der Waals surface area contributed by atoms with Crippen LogP contribution in [0.15, 0.2) is 59.4 Å². The van der Waals surface area contributed by atoms with Crippen molar-refractivity contribution in [2.24, 2.45) is 0 Å². The number of fused-ring (bicyclic) bond motifs is 1. The minimum atomic E-state index is -0.173. The highest BCUT2D eigenvalue weighted by molar-refractivity contribution is 5.83. The van der Waals surface area contributed by atoms with Crippen molar-refractivity contribution < 1.29 is 9.53 Å². The molecule has 1 heterocycles. The van der Waals surface area contributed by atoms with Gasteiger partial charge in [0, 0.05) is 18.2 Å². The van der Waals surface area contributed by atoms with Gasteiger partial charge in [-0.05, 0) is 42.0 Å². The Labute approximate surface area is 158 Å². The first-order chi connectivity index (χ1) is 13.1. The van der Waals surface area contributed by atoms with Gasteiger partial charge in [-0.25, -0.2) is 0 Å². The lowest BCUT2D eigenvalue weighted by Gasteiger charge is -2.15. The monoisotopic (exact) mass is 364 g/mol. The van der Waals surface area contributed by atoms with E-state index in [9.17, 15) is 9.59 Å². The standard InChI is InChI=1S/C22H24N2O3/c1-3-19(15-7-5-4-6-8-15)22(26)23-12-11-17-13-16-9-10-18(27-2)14-20(16)24-21(17)25/h4-10,13-14,19H,3,11-12H2,1-2H3,(H,23,26)(H,24,25). The zero-order chi connectivity index (χ0) is 19.2. The van der Waals surface area contributed by atoms with Crippen LogP contribution in [0.2, 0.25) is 0 Å². The molecule has 0 aliphatic heterocycles. The minimum Gasteiger partial charge on any atom is -0.497 e. The molecule has 0 aliphatic rings. The van der Waals surface area contributed by atoms with Gasteiger partial charge in [0.2, 0.25) is 5.91 Å². The number of aromatic amines is 1. The molecule has 0 saturated carbocycles. The summed E-state index contributed by atoms with van der Waals surface area (Å²) in [6, 6.07) is 17.2. The van der Waals surface area contributed by atoms with E-state index in [1.807, 2.05) is 55.5 Å². The van der Waals surface area contributed by atoms with Crippen molar-refractivity contribution in [2.75, 3.05) is 13.7 Å². The van der Waals surface area contributed by atoms with Crippen molar-refractivity contribution in [1.82, 2.24) is 10.3 Å². The zero-order valence-corrected chi connectivity index (χ0v) is 15.6. The Bertz CT molecular complexity index is 980. The van der Waals surface area contributed by atoms with E-state index in [2.05, 4.69) is 10.3 Å². The fourth-order valence-corrected chi connectivity index (χ4v) is 3.24. The number of carbonyl (C=O) groups is 1. The number of pyridine rings is 1. The first-order valence-corrected chi connectivity index (χ1v) is 9.15. The maximum atomic E-state index is 12.5. The van der Waals surface area contributed by atoms with E-state index >= 15 is 0 Å². The van der Waals surface area contributed by atoms with Crippen LogP contribution in [0.25, 0.3) is 10.9 Å². The van der Waals surface area contributed by atoms with Crippen molar-refractivity contribution in [3.63, 3.8) is 0 Å². The van der Waals surface area contributed by atoms with Gasteiger partial charge >= 0.3 is 0 Å². The Balaban J connectivity index is 1.67. The molecule has 3 aromatic rings. The fraction of sp³-hybridized carbons (Fsp3) is 0.273. The molecule has 0 bridgehead atoms. The molecule has 140 valence electrons. The van der Waals surface area contributed by atoms with E-state index in [0.29, 0.717) is 24.3 Å². The summed E-state index contributed by atoms with van der Waals surface area (Å²) in [6.45, 7) is 2.42. The molecule has 0 spiro atoms. The van der Waals surface area contributed by atoms with E-state index in [1.54, 1.807) is 13.2 Å². The molecule has 0 aliphatic carbocycles. The molecular weight excluding hydrogens is 340 g/mol. The number of hydrogen-bond donors (Lipinski definition) is 2. The number of hydrogen-bond acceptors (Lipinski definition) is 3. The highest BCUT2D eigenvalue weighted by Gasteiger charge is 2.17. The summed E-state index contributed by atoms with van der Waals surface area (Å²) in [6.07, 6.45) is 1.21. The van der Waals surface area contributed by atoms with Gasteiger partial charge in [-0.1, -0.05) is 37.3 Å². The maximum absolute atomic E-state index is 12.5. The van der Waals surface area contributed by atoms with E-state index in [4.69, 9.17) is 4.74 Å². The summed E-state index contributed by atoms with van der Waals surface area (Å²) in [7, 11) is 1.59. The molecule has 2 N–H and O–H groups in total. The summed E-state index contributed by atoms with van der Waals surface area (Å²) in [5.41, 5.74) is 2.26. The largest absolute Gasteiger partial charge is 0.497 e. The lowest BCUT2D eigenvalue weighted by atomic mass is 9.95. The Kier molecular flexibility index (Phi) is 5.91. The van der Waals surface area contributed by atoms with Gasteiger partial charge in [-0.15, -0.1) is 0 Å². The Hall–Kier alpha value is -3.08. The SMILES string of the molecule is CCC(C(=O)NCCc1cc2ccc(OC)cc2[nH]c1=O)c1ccccc1. The second-order valence-corrected chi connectivity index (χ2v) is 6.49. The van der Waals surface area contributed by atoms with Crippen molar-refractivity contribution in [3.05, 3.63) is 76.1 Å². The van der Waals surface area contributed by atoms with Crippen LogP contribution in [0.1, 0.15) is 30.4 Å². The average molecular weight is 364 g/mol. The molecule has 1 amide bonds. The summed E-state index contributed by atoms with van der Waals surface area (Å²) in [5, 5.41) is 3.90. The van der Waals surface area contributed by atoms with E-state index in [-0.39, 0.29) is 17.4 Å². The number of amides is 1. The molecule has 0 fully saturated rings. The third kappa shape index (κ3) is 4.37. The maximum Gasteiger partial charge on any atom is 0.251 e. The van der Waals surface area contributed by atoms with Gasteiger partial charge in [-0.3, -0.25) is 9.59 Å². The third-order valence-corrected chi connectivity index (χ3v) is 4.75. The molecule has 27 heavy (non-hydrogen) atoms. The van der Waals surface area contributed by atoms with Crippen LogP contribution >= 0.6 is 0 Å². The summed E-state index contributed by atoms with van der Waals surface area (Å²) < 4.78 is 5.18. The normalized spacial score (nSPS) is 11.9. The molecule has 1 aromatic heterocycles. The highest BCUT2D eigenvalue weighted by Crippen LogP contribution is 2.20. The average Bonchev–Trinajstić information content (AvgIpc) is 2.69. The smallest absolute Gasteiger partial charge is 0.251 e. The predicted octanol–water partition coefficient (Wildman–Crippen LogP) is 3.39. The number of benzene rings is 2. The molecule has 2 aromatic carbocycles. The summed E-state index contributed by atoms with van der Waals surface area (Å²) in [5.74, 6) is 0.517. The molecule has 5 nitrogen and oxygen atoms in total. The van der Waals surface area contributed by atoms with E-state index in [0.717, 1.165) is 22.9 Å². The number of rotatable bonds is 7. The molecule has 0 radical (unpaired) electrons. The summed E-state index contributed by atoms with van der Waals surface area (Å²) in [4.78, 5) is 27.7. The molecule has 5 heteroatoms. The first kappa shape index (κ1) is 18.7. The molecule has 3 rings (SSSR count). The predicted molar refractivity (Wildman–Crippen MR) is 107 cm³/mol.